The predicted octanol–water partition coefficient (Wildman–Crippen LogP) is 4.88. The molecular weight excluding hydrogens is 378 g/mol. The van der Waals surface area contributed by atoms with E-state index in [0.29, 0.717) is 11.4 Å². The molecule has 0 aliphatic rings. The Morgan fingerprint density at radius 2 is 1.60 bits per heavy atom. The van der Waals surface area contributed by atoms with Gasteiger partial charge in [0, 0.05) is 0 Å². The number of nitrogens with zero attached hydrogens (tertiary/aromatic N) is 1. The maximum Gasteiger partial charge on any atom is 0.355 e. The van der Waals surface area contributed by atoms with Crippen LogP contribution in [0.4, 0.5) is 10.5 Å². The zero-order valence-electron chi connectivity index (χ0n) is 17.1. The molecule has 3 N–H and O–H groups in total. The lowest BCUT2D eigenvalue weighted by atomic mass is 10.2. The van der Waals surface area contributed by atoms with E-state index in [-0.39, 0.29) is 18.8 Å². The highest BCUT2D eigenvalue weighted by Gasteiger charge is 2.22. The minimum Gasteiger partial charge on any atom is -0.456 e. The molecule has 0 aliphatic heterocycles. The molecule has 0 radical (unpaired) electrons. The van der Waals surface area contributed by atoms with E-state index in [4.69, 9.17) is 10.5 Å². The topological polar surface area (TPSA) is 88.4 Å². The number of aromatic amines is 1. The van der Waals surface area contributed by atoms with Crippen molar-refractivity contribution in [1.29, 1.82) is 0 Å². The van der Waals surface area contributed by atoms with Gasteiger partial charge in [0.15, 0.2) is 0 Å². The molecule has 6 heteroatoms. The number of urea groups is 1. The zero-order valence-corrected chi connectivity index (χ0v) is 17.1. The van der Waals surface area contributed by atoms with E-state index in [9.17, 15) is 9.59 Å². The number of allylic oxidation sites excluding steroid dienone is 1. The summed E-state index contributed by atoms with van der Waals surface area (Å²) in [5, 5.41) is 0. The molecule has 154 valence electrons. The van der Waals surface area contributed by atoms with Crippen LogP contribution in [0.5, 0.6) is 0 Å². The molecule has 2 amide bonds. The first-order valence-corrected chi connectivity index (χ1v) is 9.64. The molecule has 1 heterocycles. The van der Waals surface area contributed by atoms with Crippen molar-refractivity contribution in [2.75, 3.05) is 4.90 Å². The van der Waals surface area contributed by atoms with Gasteiger partial charge in [0.1, 0.15) is 12.3 Å². The highest BCUT2D eigenvalue weighted by molar-refractivity contribution is 5.96. The predicted molar refractivity (Wildman–Crippen MR) is 118 cm³/mol. The Morgan fingerprint density at radius 3 is 2.17 bits per heavy atom. The molecule has 3 rings (SSSR count). The summed E-state index contributed by atoms with van der Waals surface area (Å²) in [6.45, 7) is 4.32. The van der Waals surface area contributed by atoms with Gasteiger partial charge in [0.05, 0.1) is 17.9 Å². The number of H-pyrrole nitrogens is 1. The van der Waals surface area contributed by atoms with Gasteiger partial charge in [-0.2, -0.15) is 0 Å². The number of nitrogens with one attached hydrogen (secondary N) is 1. The number of hydrogen-bond acceptors (Lipinski definition) is 3. The first-order chi connectivity index (χ1) is 14.4. The van der Waals surface area contributed by atoms with Crippen molar-refractivity contribution in [2.24, 2.45) is 5.73 Å². The summed E-state index contributed by atoms with van der Waals surface area (Å²) in [5.41, 5.74) is 9.90. The molecule has 2 aromatic carbocycles. The summed E-state index contributed by atoms with van der Waals surface area (Å²) in [7, 11) is 0. The smallest absolute Gasteiger partial charge is 0.355 e. The van der Waals surface area contributed by atoms with Crippen LogP contribution < -0.4 is 10.6 Å². The molecule has 0 saturated heterocycles. The van der Waals surface area contributed by atoms with Crippen LogP contribution in [0, 0.1) is 0 Å². The van der Waals surface area contributed by atoms with Crippen molar-refractivity contribution < 1.29 is 14.3 Å². The van der Waals surface area contributed by atoms with Crippen LogP contribution in [0.2, 0.25) is 0 Å². The number of aromatic nitrogens is 1. The van der Waals surface area contributed by atoms with Crippen molar-refractivity contribution in [1.82, 2.24) is 4.98 Å². The molecule has 0 spiro atoms. The van der Waals surface area contributed by atoms with E-state index in [0.717, 1.165) is 16.7 Å². The Morgan fingerprint density at radius 1 is 1.00 bits per heavy atom. The van der Waals surface area contributed by atoms with Crippen molar-refractivity contribution >= 4 is 23.8 Å². The van der Waals surface area contributed by atoms with Crippen LogP contribution in [0.25, 0.3) is 6.08 Å². The second-order valence-electron chi connectivity index (χ2n) is 7.18. The fraction of sp³-hybridized carbons (Fsp3) is 0.167. The molecule has 0 fully saturated rings. The van der Waals surface area contributed by atoms with Crippen LogP contribution in [-0.2, 0) is 17.9 Å². The number of nitrogens with two attached hydrogens (primary N) is 1. The molecule has 6 nitrogen and oxygen atoms in total. The van der Waals surface area contributed by atoms with Crippen LogP contribution in [0.3, 0.4) is 0 Å². The van der Waals surface area contributed by atoms with Gasteiger partial charge in [-0.1, -0.05) is 66.2 Å². The minimum absolute atomic E-state index is 0.162. The van der Waals surface area contributed by atoms with E-state index < -0.39 is 12.0 Å². The number of benzene rings is 2. The number of anilines is 1. The maximum atomic E-state index is 12.6. The Balaban J connectivity index is 1.88. The van der Waals surface area contributed by atoms with E-state index in [1.807, 2.05) is 80.6 Å². The SMILES string of the molecule is CC(C)=Cc1[nH]c(C(=O)OCc2ccccc2)cc1N(Cc1ccccc1)C(N)=O. The molecule has 0 saturated carbocycles. The standard InChI is InChI=1S/C24H25N3O3/c1-17(2)13-20-22(27(24(25)29)15-18-9-5-3-6-10-18)14-21(26-20)23(28)30-16-19-11-7-4-8-12-19/h3-14,26H,15-16H2,1-2H3,(H2,25,29). The molecule has 0 aliphatic carbocycles. The molecule has 3 aromatic rings. The van der Waals surface area contributed by atoms with Gasteiger partial charge in [0.25, 0.3) is 0 Å². The van der Waals surface area contributed by atoms with Gasteiger partial charge >= 0.3 is 12.0 Å². The molecule has 1 aromatic heterocycles. The van der Waals surface area contributed by atoms with E-state index in [1.54, 1.807) is 6.07 Å². The lowest BCUT2D eigenvalue weighted by Gasteiger charge is -2.20. The fourth-order valence-electron chi connectivity index (χ4n) is 3.04. The number of ether oxygens (including phenoxy) is 1. The van der Waals surface area contributed by atoms with E-state index >= 15 is 0 Å². The average molecular weight is 403 g/mol. The van der Waals surface area contributed by atoms with Crippen LogP contribution in [0.15, 0.2) is 72.3 Å². The second kappa shape index (κ2) is 9.60. The molecule has 30 heavy (non-hydrogen) atoms. The largest absolute Gasteiger partial charge is 0.456 e. The average Bonchev–Trinajstić information content (AvgIpc) is 3.14. The lowest BCUT2D eigenvalue weighted by molar-refractivity contribution is 0.0466. The van der Waals surface area contributed by atoms with Crippen molar-refractivity contribution in [3.05, 3.63) is 94.8 Å². The summed E-state index contributed by atoms with van der Waals surface area (Å²) < 4.78 is 5.42. The Bertz CT molecular complexity index is 1040. The summed E-state index contributed by atoms with van der Waals surface area (Å²) >= 11 is 0. The summed E-state index contributed by atoms with van der Waals surface area (Å²) in [5.74, 6) is -0.502. The van der Waals surface area contributed by atoms with Gasteiger partial charge in [-0.25, -0.2) is 9.59 Å². The summed E-state index contributed by atoms with van der Waals surface area (Å²) in [4.78, 5) is 29.3. The molecule has 0 atom stereocenters. The molecular formula is C24H25N3O3. The summed E-state index contributed by atoms with van der Waals surface area (Å²) in [6.07, 6.45) is 1.87. The lowest BCUT2D eigenvalue weighted by Crippen LogP contribution is -2.35. The maximum absolute atomic E-state index is 12.6. The van der Waals surface area contributed by atoms with Crippen molar-refractivity contribution in [3.63, 3.8) is 0 Å². The third-order valence-electron chi connectivity index (χ3n) is 4.43. The molecule has 0 unspecified atom stereocenters. The van der Waals surface area contributed by atoms with Crippen LogP contribution in [-0.4, -0.2) is 17.0 Å². The van der Waals surface area contributed by atoms with E-state index in [2.05, 4.69) is 4.98 Å². The summed E-state index contributed by atoms with van der Waals surface area (Å²) in [6, 6.07) is 20.0. The number of primary amides is 1. The Kier molecular flexibility index (Phi) is 6.70. The Labute approximate surface area is 176 Å². The quantitative estimate of drug-likeness (QED) is 0.551. The first kappa shape index (κ1) is 20.9. The van der Waals surface area contributed by atoms with Gasteiger partial charge in [-0.15, -0.1) is 0 Å². The van der Waals surface area contributed by atoms with Gasteiger partial charge in [-0.05, 0) is 37.1 Å². The normalized spacial score (nSPS) is 10.3. The number of carbonyl (C=O) groups is 2. The fourth-order valence-corrected chi connectivity index (χ4v) is 3.04. The van der Waals surface area contributed by atoms with Gasteiger partial charge < -0.3 is 15.5 Å². The van der Waals surface area contributed by atoms with Crippen molar-refractivity contribution in [2.45, 2.75) is 27.0 Å². The highest BCUT2D eigenvalue weighted by atomic mass is 16.5. The van der Waals surface area contributed by atoms with Crippen molar-refractivity contribution in [3.8, 4) is 0 Å². The highest BCUT2D eigenvalue weighted by Crippen LogP contribution is 2.27. The third kappa shape index (κ3) is 5.38. The van der Waals surface area contributed by atoms with E-state index in [1.165, 1.54) is 4.90 Å². The second-order valence-corrected chi connectivity index (χ2v) is 7.18. The Hall–Kier alpha value is -3.80. The zero-order chi connectivity index (χ0) is 21.5. The molecule has 0 bridgehead atoms. The number of amides is 2. The monoisotopic (exact) mass is 403 g/mol. The minimum atomic E-state index is -0.606. The number of rotatable bonds is 7. The number of hydrogen-bond donors (Lipinski definition) is 2. The third-order valence-corrected chi connectivity index (χ3v) is 4.43. The van der Waals surface area contributed by atoms with Gasteiger partial charge in [-0.3, -0.25) is 4.90 Å². The van der Waals surface area contributed by atoms with Crippen LogP contribution in [0.1, 0.15) is 41.2 Å². The van der Waals surface area contributed by atoms with Gasteiger partial charge in [0.2, 0.25) is 0 Å². The number of esters is 1. The number of carbonyl (C=O) groups excluding carboxylic acids is 2. The first-order valence-electron chi connectivity index (χ1n) is 9.64. The van der Waals surface area contributed by atoms with Crippen LogP contribution >= 0.6 is 0 Å².